The predicted octanol–water partition coefficient (Wildman–Crippen LogP) is 3.81. The Bertz CT molecular complexity index is 1230. The van der Waals surface area contributed by atoms with Crippen LogP contribution in [0.25, 0.3) is 0 Å². The fraction of sp³-hybridized carbons (Fsp3) is 0.125. The molecule has 1 aliphatic heterocycles. The second-order valence-corrected chi connectivity index (χ2v) is 7.77. The summed E-state index contributed by atoms with van der Waals surface area (Å²) in [6, 6.07) is 20.6. The lowest BCUT2D eigenvalue weighted by atomic mass is 9.92. The maximum atomic E-state index is 13.1. The molecular weight excluding hydrogens is 424 g/mol. The van der Waals surface area contributed by atoms with Crippen molar-refractivity contribution < 1.29 is 19.3 Å². The molecule has 0 radical (unpaired) electrons. The summed E-state index contributed by atoms with van der Waals surface area (Å²) in [6.45, 7) is 1.58. The number of benzene rings is 3. The van der Waals surface area contributed by atoms with Gasteiger partial charge in [0.15, 0.2) is 0 Å². The normalized spacial score (nSPS) is 17.5. The summed E-state index contributed by atoms with van der Waals surface area (Å²) in [5, 5.41) is 16.3. The minimum Gasteiger partial charge on any atom is -0.322 e. The van der Waals surface area contributed by atoms with Crippen LogP contribution in [0.3, 0.4) is 0 Å². The Morgan fingerprint density at radius 1 is 1.00 bits per heavy atom. The van der Waals surface area contributed by atoms with Gasteiger partial charge in [0.2, 0.25) is 0 Å². The van der Waals surface area contributed by atoms with Gasteiger partial charge in [-0.25, -0.2) is 4.79 Å². The highest BCUT2D eigenvalue weighted by Crippen LogP contribution is 2.31. The van der Waals surface area contributed by atoms with Crippen molar-refractivity contribution in [2.45, 2.75) is 19.0 Å². The van der Waals surface area contributed by atoms with E-state index in [0.29, 0.717) is 22.4 Å². The first-order valence-corrected chi connectivity index (χ1v) is 10.1. The second kappa shape index (κ2) is 8.54. The number of non-ortho nitro benzene ring substituents is 1. The van der Waals surface area contributed by atoms with Crippen molar-refractivity contribution in [2.75, 3.05) is 5.32 Å². The number of para-hydroxylation sites is 1. The number of amides is 4. The Kier molecular flexibility index (Phi) is 5.61. The molecule has 1 unspecified atom stereocenters. The molecule has 9 nitrogen and oxygen atoms in total. The van der Waals surface area contributed by atoms with Crippen molar-refractivity contribution in [1.29, 1.82) is 0 Å². The third kappa shape index (κ3) is 4.29. The quantitative estimate of drug-likeness (QED) is 0.340. The number of carbonyl (C=O) groups excluding carboxylic acids is 3. The van der Waals surface area contributed by atoms with Crippen LogP contribution in [0, 0.1) is 10.1 Å². The summed E-state index contributed by atoms with van der Waals surface area (Å²) >= 11 is 0. The molecular formula is C24H20N4O5. The van der Waals surface area contributed by atoms with Gasteiger partial charge in [-0.15, -0.1) is 0 Å². The highest BCUT2D eigenvalue weighted by atomic mass is 16.6. The molecule has 0 saturated carbocycles. The summed E-state index contributed by atoms with van der Waals surface area (Å²) in [6.07, 6.45) is 0. The van der Waals surface area contributed by atoms with Crippen LogP contribution < -0.4 is 10.6 Å². The molecule has 0 bridgehead atoms. The molecule has 3 aromatic carbocycles. The largest absolute Gasteiger partial charge is 0.325 e. The Morgan fingerprint density at radius 3 is 2.24 bits per heavy atom. The van der Waals surface area contributed by atoms with Gasteiger partial charge < -0.3 is 10.6 Å². The van der Waals surface area contributed by atoms with Crippen LogP contribution in [0.1, 0.15) is 28.4 Å². The fourth-order valence-electron chi connectivity index (χ4n) is 3.62. The average Bonchev–Trinajstić information content (AvgIpc) is 3.04. The summed E-state index contributed by atoms with van der Waals surface area (Å²) in [5.41, 5.74) is 0.797. The van der Waals surface area contributed by atoms with E-state index in [-0.39, 0.29) is 18.1 Å². The summed E-state index contributed by atoms with van der Waals surface area (Å²) in [5.74, 6) is -0.735. The number of carbonyl (C=O) groups is 3. The highest BCUT2D eigenvalue weighted by molar-refractivity contribution is 6.07. The summed E-state index contributed by atoms with van der Waals surface area (Å²) in [4.78, 5) is 49.5. The van der Waals surface area contributed by atoms with Crippen LogP contribution in [0.15, 0.2) is 78.9 Å². The zero-order valence-corrected chi connectivity index (χ0v) is 17.6. The molecule has 1 atom stereocenters. The highest BCUT2D eigenvalue weighted by Gasteiger charge is 2.48. The van der Waals surface area contributed by atoms with Crippen molar-refractivity contribution in [2.24, 2.45) is 0 Å². The van der Waals surface area contributed by atoms with Gasteiger partial charge in [0, 0.05) is 23.4 Å². The van der Waals surface area contributed by atoms with Crippen LogP contribution in [-0.4, -0.2) is 27.7 Å². The predicted molar refractivity (Wildman–Crippen MR) is 120 cm³/mol. The van der Waals surface area contributed by atoms with E-state index in [4.69, 9.17) is 0 Å². The van der Waals surface area contributed by atoms with E-state index in [2.05, 4.69) is 10.6 Å². The third-order valence-corrected chi connectivity index (χ3v) is 5.52. The van der Waals surface area contributed by atoms with Gasteiger partial charge in [-0.3, -0.25) is 24.6 Å². The third-order valence-electron chi connectivity index (χ3n) is 5.52. The van der Waals surface area contributed by atoms with E-state index >= 15 is 0 Å². The van der Waals surface area contributed by atoms with Gasteiger partial charge in [0.25, 0.3) is 17.5 Å². The van der Waals surface area contributed by atoms with E-state index < -0.39 is 22.4 Å². The summed E-state index contributed by atoms with van der Waals surface area (Å²) in [7, 11) is 0. The van der Waals surface area contributed by atoms with Gasteiger partial charge in [0.1, 0.15) is 5.54 Å². The second-order valence-electron chi connectivity index (χ2n) is 7.77. The van der Waals surface area contributed by atoms with Crippen LogP contribution in [-0.2, 0) is 16.9 Å². The summed E-state index contributed by atoms with van der Waals surface area (Å²) < 4.78 is 0. The molecule has 1 saturated heterocycles. The maximum absolute atomic E-state index is 13.1. The number of anilines is 1. The number of nitro benzene ring substituents is 1. The number of nitrogens with one attached hydrogen (secondary N) is 2. The SMILES string of the molecule is CC1(c2ccc([N+](=O)[O-])cc2)NC(=O)N(Cc2ccc(C(=O)Nc3ccccc3)cc2)C1=O. The molecule has 166 valence electrons. The van der Waals surface area contributed by atoms with Crippen molar-refractivity contribution in [1.82, 2.24) is 10.2 Å². The number of urea groups is 1. The minimum atomic E-state index is -1.33. The number of nitro groups is 1. The zero-order chi connectivity index (χ0) is 23.6. The van der Waals surface area contributed by atoms with Gasteiger partial charge >= 0.3 is 6.03 Å². The fourth-order valence-corrected chi connectivity index (χ4v) is 3.62. The first-order chi connectivity index (χ1) is 15.8. The molecule has 0 spiro atoms. The monoisotopic (exact) mass is 444 g/mol. The maximum Gasteiger partial charge on any atom is 0.325 e. The van der Waals surface area contributed by atoms with Crippen molar-refractivity contribution >= 4 is 29.2 Å². The topological polar surface area (TPSA) is 122 Å². The number of imide groups is 1. The molecule has 0 aliphatic carbocycles. The van der Waals surface area contributed by atoms with E-state index in [1.165, 1.54) is 24.3 Å². The number of rotatable bonds is 6. The van der Waals surface area contributed by atoms with Crippen LogP contribution in [0.2, 0.25) is 0 Å². The van der Waals surface area contributed by atoms with Gasteiger partial charge in [-0.05, 0) is 54.4 Å². The van der Waals surface area contributed by atoms with Crippen LogP contribution >= 0.6 is 0 Å². The van der Waals surface area contributed by atoms with Gasteiger partial charge in [-0.1, -0.05) is 30.3 Å². The number of hydrogen-bond donors (Lipinski definition) is 2. The smallest absolute Gasteiger partial charge is 0.322 e. The Morgan fingerprint density at radius 2 is 1.64 bits per heavy atom. The lowest BCUT2D eigenvalue weighted by Crippen LogP contribution is -2.40. The number of hydrogen-bond acceptors (Lipinski definition) is 5. The van der Waals surface area contributed by atoms with E-state index in [1.807, 2.05) is 18.2 Å². The van der Waals surface area contributed by atoms with Crippen molar-refractivity contribution in [3.05, 3.63) is 106 Å². The Balaban J connectivity index is 1.46. The average molecular weight is 444 g/mol. The molecule has 1 aliphatic rings. The van der Waals surface area contributed by atoms with Gasteiger partial charge in [0.05, 0.1) is 11.5 Å². The van der Waals surface area contributed by atoms with Gasteiger partial charge in [-0.2, -0.15) is 0 Å². The molecule has 33 heavy (non-hydrogen) atoms. The first kappa shape index (κ1) is 21.7. The molecule has 1 fully saturated rings. The zero-order valence-electron chi connectivity index (χ0n) is 17.6. The van der Waals surface area contributed by atoms with Crippen LogP contribution in [0.5, 0.6) is 0 Å². The molecule has 1 heterocycles. The van der Waals surface area contributed by atoms with Crippen LogP contribution in [0.4, 0.5) is 16.2 Å². The van der Waals surface area contributed by atoms with E-state index in [1.54, 1.807) is 43.3 Å². The van der Waals surface area contributed by atoms with Crippen molar-refractivity contribution in [3.8, 4) is 0 Å². The first-order valence-electron chi connectivity index (χ1n) is 10.1. The Labute approximate surface area is 189 Å². The molecule has 4 rings (SSSR count). The number of nitrogens with zero attached hydrogens (tertiary/aromatic N) is 2. The molecule has 0 aromatic heterocycles. The molecule has 9 heteroatoms. The standard InChI is InChI=1S/C24H20N4O5/c1-24(18-11-13-20(14-12-18)28(32)33)22(30)27(23(31)26-24)15-16-7-9-17(10-8-16)21(29)25-19-5-3-2-4-6-19/h2-14H,15H2,1H3,(H,25,29)(H,26,31). The minimum absolute atomic E-state index is 0.0216. The lowest BCUT2D eigenvalue weighted by molar-refractivity contribution is -0.384. The lowest BCUT2D eigenvalue weighted by Gasteiger charge is -2.22. The Hall–Kier alpha value is -4.53. The van der Waals surface area contributed by atoms with Crippen molar-refractivity contribution in [3.63, 3.8) is 0 Å². The van der Waals surface area contributed by atoms with E-state index in [0.717, 1.165) is 4.90 Å². The molecule has 4 amide bonds. The van der Waals surface area contributed by atoms with E-state index in [9.17, 15) is 24.5 Å². The molecule has 3 aromatic rings. The molecule has 2 N–H and O–H groups in total.